The van der Waals surface area contributed by atoms with Crippen LogP contribution in [0, 0.1) is 0 Å². The number of Topliss-reactive ketones (excluding diaryl/α,β-unsaturated/α-hetero) is 1. The smallest absolute Gasteiger partial charge is 0.355 e. The molecule has 0 bridgehead atoms. The van der Waals surface area contributed by atoms with E-state index in [1.807, 2.05) is 30.3 Å². The van der Waals surface area contributed by atoms with Gasteiger partial charge in [-0.1, -0.05) is 30.3 Å². The second-order valence-electron chi connectivity index (χ2n) is 5.81. The second-order valence-corrected chi connectivity index (χ2v) is 5.81. The van der Waals surface area contributed by atoms with E-state index in [4.69, 9.17) is 9.47 Å². The molecule has 2 aromatic rings. The Morgan fingerprint density at radius 2 is 1.77 bits per heavy atom. The van der Waals surface area contributed by atoms with Crippen molar-refractivity contribution in [3.05, 3.63) is 65.7 Å². The van der Waals surface area contributed by atoms with E-state index in [1.165, 1.54) is 0 Å². The standard InChI is InChI=1S/C20H20N2O4/c1-3-26-20(24)18-16(13-7-5-4-6-8-13)17(21-22-18)19(23)14-9-11-15(25-2)12-10-14/h4-12,16-17,21H,3H2,1-2H3/t16-,17-/m1/s1. The highest BCUT2D eigenvalue weighted by atomic mass is 16.5. The molecule has 6 heteroatoms. The number of carbonyl (C=O) groups is 2. The highest BCUT2D eigenvalue weighted by molar-refractivity contribution is 6.40. The third-order valence-corrected chi connectivity index (χ3v) is 4.25. The normalized spacial score (nSPS) is 18.6. The molecule has 0 fully saturated rings. The molecule has 0 unspecified atom stereocenters. The van der Waals surface area contributed by atoms with E-state index < -0.39 is 17.9 Å². The van der Waals surface area contributed by atoms with Crippen molar-refractivity contribution in [2.24, 2.45) is 5.10 Å². The van der Waals surface area contributed by atoms with Crippen molar-refractivity contribution in [1.82, 2.24) is 5.43 Å². The van der Waals surface area contributed by atoms with Crippen LogP contribution in [0.2, 0.25) is 0 Å². The summed E-state index contributed by atoms with van der Waals surface area (Å²) in [4.78, 5) is 25.3. The Morgan fingerprint density at radius 3 is 2.38 bits per heavy atom. The lowest BCUT2D eigenvalue weighted by atomic mass is 9.84. The molecule has 3 rings (SSSR count). The van der Waals surface area contributed by atoms with Gasteiger partial charge in [0.25, 0.3) is 0 Å². The second kappa shape index (κ2) is 7.82. The molecule has 2 atom stereocenters. The van der Waals surface area contributed by atoms with Gasteiger partial charge in [0, 0.05) is 5.56 Å². The molecule has 26 heavy (non-hydrogen) atoms. The number of nitrogens with one attached hydrogen (secondary N) is 1. The van der Waals surface area contributed by atoms with Gasteiger partial charge in [-0.05, 0) is 36.8 Å². The van der Waals surface area contributed by atoms with Crippen LogP contribution in [0.15, 0.2) is 59.7 Å². The Balaban J connectivity index is 1.92. The number of rotatable bonds is 6. The van der Waals surface area contributed by atoms with Gasteiger partial charge in [0.2, 0.25) is 0 Å². The molecule has 0 saturated heterocycles. The predicted molar refractivity (Wildman–Crippen MR) is 97.5 cm³/mol. The molecule has 1 heterocycles. The zero-order valence-corrected chi connectivity index (χ0v) is 14.6. The number of carbonyl (C=O) groups excluding carboxylic acids is 2. The number of hydrazone groups is 1. The quantitative estimate of drug-likeness (QED) is 0.639. The SMILES string of the molecule is CCOC(=O)C1=NN[C@@H](C(=O)c2ccc(OC)cc2)[C@H]1c1ccccc1. The summed E-state index contributed by atoms with van der Waals surface area (Å²) in [5.41, 5.74) is 4.39. The van der Waals surface area contributed by atoms with E-state index >= 15 is 0 Å². The van der Waals surface area contributed by atoms with E-state index in [0.717, 1.165) is 5.56 Å². The molecule has 0 spiro atoms. The van der Waals surface area contributed by atoms with Crippen molar-refractivity contribution in [3.8, 4) is 5.75 Å². The van der Waals surface area contributed by atoms with Crippen molar-refractivity contribution in [2.45, 2.75) is 18.9 Å². The largest absolute Gasteiger partial charge is 0.497 e. The summed E-state index contributed by atoms with van der Waals surface area (Å²) in [5, 5.41) is 4.12. The lowest BCUT2D eigenvalue weighted by molar-refractivity contribution is -0.135. The van der Waals surface area contributed by atoms with Gasteiger partial charge in [0.1, 0.15) is 11.8 Å². The third kappa shape index (κ3) is 3.44. The highest BCUT2D eigenvalue weighted by Gasteiger charge is 2.41. The van der Waals surface area contributed by atoms with Gasteiger partial charge in [0.05, 0.1) is 19.6 Å². The minimum absolute atomic E-state index is 0.149. The predicted octanol–water partition coefficient (Wildman–Crippen LogP) is 2.55. The Morgan fingerprint density at radius 1 is 1.08 bits per heavy atom. The number of hydrogen-bond donors (Lipinski definition) is 1. The summed E-state index contributed by atoms with van der Waals surface area (Å²) in [6.45, 7) is 1.98. The molecular formula is C20H20N2O4. The Hall–Kier alpha value is -3.15. The maximum atomic E-state index is 13.0. The molecule has 1 aliphatic rings. The molecule has 0 radical (unpaired) electrons. The molecule has 0 amide bonds. The van der Waals surface area contributed by atoms with Crippen LogP contribution in [0.5, 0.6) is 5.75 Å². The van der Waals surface area contributed by atoms with Crippen LogP contribution < -0.4 is 10.2 Å². The molecular weight excluding hydrogens is 332 g/mol. The highest BCUT2D eigenvalue weighted by Crippen LogP contribution is 2.29. The lowest BCUT2D eigenvalue weighted by Crippen LogP contribution is -2.37. The summed E-state index contributed by atoms with van der Waals surface area (Å²) in [7, 11) is 1.57. The molecule has 2 aromatic carbocycles. The van der Waals surface area contributed by atoms with Crippen molar-refractivity contribution < 1.29 is 19.1 Å². The average Bonchev–Trinajstić information content (AvgIpc) is 3.13. The first-order valence-corrected chi connectivity index (χ1v) is 8.39. The zero-order chi connectivity index (χ0) is 18.5. The van der Waals surface area contributed by atoms with E-state index in [9.17, 15) is 9.59 Å². The molecule has 134 valence electrons. The van der Waals surface area contributed by atoms with E-state index in [-0.39, 0.29) is 18.1 Å². The van der Waals surface area contributed by atoms with Gasteiger partial charge >= 0.3 is 5.97 Å². The number of ether oxygens (including phenoxy) is 2. The maximum Gasteiger partial charge on any atom is 0.355 e. The van der Waals surface area contributed by atoms with E-state index in [1.54, 1.807) is 38.3 Å². The summed E-state index contributed by atoms with van der Waals surface area (Å²) in [6, 6.07) is 15.6. The van der Waals surface area contributed by atoms with Crippen molar-refractivity contribution in [3.63, 3.8) is 0 Å². The minimum atomic E-state index is -0.676. The van der Waals surface area contributed by atoms with Crippen molar-refractivity contribution in [1.29, 1.82) is 0 Å². The lowest BCUT2D eigenvalue weighted by Gasteiger charge is -2.19. The zero-order valence-electron chi connectivity index (χ0n) is 14.6. The Labute approximate surface area is 151 Å². The first-order chi connectivity index (χ1) is 12.7. The van der Waals surface area contributed by atoms with Gasteiger partial charge < -0.3 is 9.47 Å². The van der Waals surface area contributed by atoms with Crippen molar-refractivity contribution >= 4 is 17.5 Å². The Bertz CT molecular complexity index is 815. The molecule has 0 aromatic heterocycles. The molecule has 0 saturated carbocycles. The summed E-state index contributed by atoms with van der Waals surface area (Å²) < 4.78 is 10.2. The maximum absolute atomic E-state index is 13.0. The number of benzene rings is 2. The number of nitrogens with zero attached hydrogens (tertiary/aromatic N) is 1. The minimum Gasteiger partial charge on any atom is -0.497 e. The number of methoxy groups -OCH3 is 1. The number of hydrogen-bond acceptors (Lipinski definition) is 6. The summed E-state index contributed by atoms with van der Waals surface area (Å²) in [6.07, 6.45) is 0. The van der Waals surface area contributed by atoms with Crippen LogP contribution >= 0.6 is 0 Å². The van der Waals surface area contributed by atoms with Crippen LogP contribution in [-0.2, 0) is 9.53 Å². The van der Waals surface area contributed by atoms with Crippen LogP contribution in [0.25, 0.3) is 0 Å². The van der Waals surface area contributed by atoms with E-state index in [2.05, 4.69) is 10.5 Å². The van der Waals surface area contributed by atoms with Crippen LogP contribution in [0.4, 0.5) is 0 Å². The fraction of sp³-hybridized carbons (Fsp3) is 0.250. The van der Waals surface area contributed by atoms with E-state index in [0.29, 0.717) is 11.3 Å². The molecule has 1 aliphatic heterocycles. The molecule has 6 nitrogen and oxygen atoms in total. The van der Waals surface area contributed by atoms with Gasteiger partial charge in [-0.2, -0.15) is 5.10 Å². The molecule has 0 aliphatic carbocycles. The van der Waals surface area contributed by atoms with Crippen LogP contribution in [0.1, 0.15) is 28.8 Å². The topological polar surface area (TPSA) is 77.0 Å². The summed E-state index contributed by atoms with van der Waals surface area (Å²) >= 11 is 0. The first-order valence-electron chi connectivity index (χ1n) is 8.39. The first kappa shape index (κ1) is 17.7. The van der Waals surface area contributed by atoms with Gasteiger partial charge in [-0.15, -0.1) is 0 Å². The average molecular weight is 352 g/mol. The fourth-order valence-electron chi connectivity index (χ4n) is 2.97. The van der Waals surface area contributed by atoms with Crippen molar-refractivity contribution in [2.75, 3.05) is 13.7 Å². The van der Waals surface area contributed by atoms with Gasteiger partial charge in [0.15, 0.2) is 11.5 Å². The monoisotopic (exact) mass is 352 g/mol. The summed E-state index contributed by atoms with van der Waals surface area (Å²) in [5.74, 6) is -0.503. The van der Waals surface area contributed by atoms with Crippen LogP contribution in [0.3, 0.4) is 0 Å². The van der Waals surface area contributed by atoms with Crippen LogP contribution in [-0.4, -0.2) is 37.2 Å². The number of esters is 1. The number of ketones is 1. The third-order valence-electron chi connectivity index (χ3n) is 4.25. The van der Waals surface area contributed by atoms with Gasteiger partial charge in [-0.25, -0.2) is 4.79 Å². The fourth-order valence-corrected chi connectivity index (χ4v) is 2.97. The Kier molecular flexibility index (Phi) is 5.31. The van der Waals surface area contributed by atoms with Gasteiger partial charge in [-0.3, -0.25) is 10.2 Å². The molecule has 1 N–H and O–H groups in total.